The van der Waals surface area contributed by atoms with Crippen molar-refractivity contribution >= 4 is 21.5 Å². The van der Waals surface area contributed by atoms with E-state index in [9.17, 15) is 0 Å². The van der Waals surface area contributed by atoms with Crippen LogP contribution in [0.25, 0.3) is 32.7 Å². The van der Waals surface area contributed by atoms with Gasteiger partial charge in [0.15, 0.2) is 0 Å². The standard InChI is InChI=1S/C20H14/c1-2-6-15(7-3-1)18-13-12-17-11-10-16-8-4-5-9-19(16)20(17)14-18/h1-14H. The Bertz CT molecular complexity index is 889. The smallest absolute Gasteiger partial charge is 0.00992 e. The van der Waals surface area contributed by atoms with Gasteiger partial charge in [-0.2, -0.15) is 0 Å². The van der Waals surface area contributed by atoms with Gasteiger partial charge in [-0.15, -0.1) is 0 Å². The van der Waals surface area contributed by atoms with Gasteiger partial charge in [-0.25, -0.2) is 0 Å². The van der Waals surface area contributed by atoms with Crippen molar-refractivity contribution in [1.82, 2.24) is 0 Å². The Morgan fingerprint density at radius 3 is 1.90 bits per heavy atom. The lowest BCUT2D eigenvalue weighted by atomic mass is 9.97. The highest BCUT2D eigenvalue weighted by Gasteiger charge is 2.02. The minimum atomic E-state index is 1.27. The fourth-order valence-electron chi connectivity index (χ4n) is 2.81. The number of benzene rings is 4. The Balaban J connectivity index is 2.05. The van der Waals surface area contributed by atoms with Crippen molar-refractivity contribution in [2.24, 2.45) is 0 Å². The number of fused-ring (bicyclic) bond motifs is 3. The van der Waals surface area contributed by atoms with Crippen LogP contribution >= 0.6 is 0 Å². The van der Waals surface area contributed by atoms with E-state index in [-0.39, 0.29) is 0 Å². The predicted octanol–water partition coefficient (Wildman–Crippen LogP) is 5.66. The molecule has 0 unspecified atom stereocenters. The van der Waals surface area contributed by atoms with Crippen molar-refractivity contribution in [2.45, 2.75) is 0 Å². The third kappa shape index (κ3) is 1.78. The predicted molar refractivity (Wildman–Crippen MR) is 86.9 cm³/mol. The molecule has 0 aliphatic heterocycles. The summed E-state index contributed by atoms with van der Waals surface area (Å²) in [6.45, 7) is 0. The summed E-state index contributed by atoms with van der Waals surface area (Å²) in [4.78, 5) is 0. The number of hydrogen-bond donors (Lipinski definition) is 0. The lowest BCUT2D eigenvalue weighted by Crippen LogP contribution is -1.81. The van der Waals surface area contributed by atoms with Crippen LogP contribution in [-0.2, 0) is 0 Å². The van der Waals surface area contributed by atoms with Crippen LogP contribution in [0, 0.1) is 0 Å². The van der Waals surface area contributed by atoms with E-state index in [4.69, 9.17) is 0 Å². The maximum Gasteiger partial charge on any atom is -0.00992 e. The van der Waals surface area contributed by atoms with Crippen molar-refractivity contribution in [1.29, 1.82) is 0 Å². The van der Waals surface area contributed by atoms with Crippen LogP contribution in [0.5, 0.6) is 0 Å². The normalized spacial score (nSPS) is 11.0. The molecule has 0 atom stereocenters. The van der Waals surface area contributed by atoms with Gasteiger partial charge in [-0.1, -0.05) is 78.9 Å². The Kier molecular flexibility index (Phi) is 2.53. The first-order valence-electron chi connectivity index (χ1n) is 6.89. The summed E-state index contributed by atoms with van der Waals surface area (Å²) in [5.41, 5.74) is 2.54. The molecule has 94 valence electrons. The zero-order valence-electron chi connectivity index (χ0n) is 11.1. The molecule has 4 aromatic rings. The second-order valence-electron chi connectivity index (χ2n) is 5.09. The molecule has 4 aromatic carbocycles. The highest BCUT2D eigenvalue weighted by molar-refractivity contribution is 6.08. The molecule has 0 saturated heterocycles. The van der Waals surface area contributed by atoms with Crippen LogP contribution < -0.4 is 0 Å². The van der Waals surface area contributed by atoms with Crippen LogP contribution in [0.3, 0.4) is 0 Å². The summed E-state index contributed by atoms with van der Waals surface area (Å²) in [6, 6.07) is 30.2. The zero-order valence-corrected chi connectivity index (χ0v) is 11.1. The average Bonchev–Trinajstić information content (AvgIpc) is 2.55. The molecule has 0 spiro atoms. The van der Waals surface area contributed by atoms with Crippen molar-refractivity contribution in [3.05, 3.63) is 84.9 Å². The van der Waals surface area contributed by atoms with E-state index in [1.807, 2.05) is 0 Å². The van der Waals surface area contributed by atoms with Gasteiger partial charge in [0.2, 0.25) is 0 Å². The van der Waals surface area contributed by atoms with Gasteiger partial charge in [0.05, 0.1) is 0 Å². The van der Waals surface area contributed by atoms with Crippen LogP contribution in [0.4, 0.5) is 0 Å². The second-order valence-corrected chi connectivity index (χ2v) is 5.09. The Morgan fingerprint density at radius 2 is 1.05 bits per heavy atom. The molecule has 0 fully saturated rings. The van der Waals surface area contributed by atoms with E-state index < -0.39 is 0 Å². The van der Waals surface area contributed by atoms with Gasteiger partial charge < -0.3 is 0 Å². The fourth-order valence-corrected chi connectivity index (χ4v) is 2.81. The summed E-state index contributed by atoms with van der Waals surface area (Å²) in [5, 5.41) is 5.24. The molecule has 0 aliphatic carbocycles. The maximum absolute atomic E-state index is 2.30. The average molecular weight is 254 g/mol. The fraction of sp³-hybridized carbons (Fsp3) is 0. The highest BCUT2D eigenvalue weighted by Crippen LogP contribution is 2.29. The van der Waals surface area contributed by atoms with E-state index in [0.717, 1.165) is 0 Å². The molecular formula is C20H14. The van der Waals surface area contributed by atoms with Gasteiger partial charge in [0, 0.05) is 0 Å². The lowest BCUT2D eigenvalue weighted by Gasteiger charge is -2.07. The van der Waals surface area contributed by atoms with Gasteiger partial charge in [-0.3, -0.25) is 0 Å². The Morgan fingerprint density at radius 1 is 0.400 bits per heavy atom. The van der Waals surface area contributed by atoms with Gasteiger partial charge in [-0.05, 0) is 38.7 Å². The van der Waals surface area contributed by atoms with Gasteiger partial charge >= 0.3 is 0 Å². The molecule has 0 nitrogen and oxygen atoms in total. The van der Waals surface area contributed by atoms with Crippen molar-refractivity contribution in [2.75, 3.05) is 0 Å². The Hall–Kier alpha value is -2.60. The minimum Gasteiger partial charge on any atom is -0.0622 e. The van der Waals surface area contributed by atoms with Gasteiger partial charge in [0.25, 0.3) is 0 Å². The quantitative estimate of drug-likeness (QED) is 0.384. The molecule has 0 saturated carbocycles. The first-order valence-corrected chi connectivity index (χ1v) is 6.89. The summed E-state index contributed by atoms with van der Waals surface area (Å²) >= 11 is 0. The molecule has 20 heavy (non-hydrogen) atoms. The molecule has 0 aromatic heterocycles. The number of rotatable bonds is 1. The van der Waals surface area contributed by atoms with E-state index in [2.05, 4.69) is 84.9 Å². The molecule has 4 rings (SSSR count). The summed E-state index contributed by atoms with van der Waals surface area (Å²) in [6.07, 6.45) is 0. The number of hydrogen-bond acceptors (Lipinski definition) is 0. The second kappa shape index (κ2) is 4.50. The van der Waals surface area contributed by atoms with Crippen LogP contribution in [-0.4, -0.2) is 0 Å². The van der Waals surface area contributed by atoms with Crippen LogP contribution in [0.15, 0.2) is 84.9 Å². The molecule has 0 bridgehead atoms. The van der Waals surface area contributed by atoms with E-state index >= 15 is 0 Å². The zero-order chi connectivity index (χ0) is 13.4. The molecule has 0 heterocycles. The molecule has 0 amide bonds. The SMILES string of the molecule is c1ccc(-c2ccc3ccc4ccccc4c3c2)cc1. The van der Waals surface area contributed by atoms with Crippen molar-refractivity contribution in [3.8, 4) is 11.1 Å². The molecular weight excluding hydrogens is 240 g/mol. The highest BCUT2D eigenvalue weighted by atomic mass is 14.1. The molecule has 0 radical (unpaired) electrons. The molecule has 0 N–H and O–H groups in total. The summed E-state index contributed by atoms with van der Waals surface area (Å²) in [7, 11) is 0. The largest absolute Gasteiger partial charge is 0.0622 e. The third-order valence-electron chi connectivity index (χ3n) is 3.85. The first-order chi connectivity index (χ1) is 9.92. The third-order valence-corrected chi connectivity index (χ3v) is 3.85. The maximum atomic E-state index is 2.30. The Labute approximate surface area is 118 Å². The first kappa shape index (κ1) is 11.2. The van der Waals surface area contributed by atoms with E-state index in [1.165, 1.54) is 32.7 Å². The van der Waals surface area contributed by atoms with Crippen molar-refractivity contribution < 1.29 is 0 Å². The molecule has 0 heteroatoms. The summed E-state index contributed by atoms with van der Waals surface area (Å²) in [5.74, 6) is 0. The van der Waals surface area contributed by atoms with E-state index in [0.29, 0.717) is 0 Å². The van der Waals surface area contributed by atoms with Gasteiger partial charge in [0.1, 0.15) is 0 Å². The topological polar surface area (TPSA) is 0 Å². The van der Waals surface area contributed by atoms with E-state index in [1.54, 1.807) is 0 Å². The van der Waals surface area contributed by atoms with Crippen molar-refractivity contribution in [3.63, 3.8) is 0 Å². The monoisotopic (exact) mass is 254 g/mol. The summed E-state index contributed by atoms with van der Waals surface area (Å²) < 4.78 is 0. The lowest BCUT2D eigenvalue weighted by molar-refractivity contribution is 1.65. The van der Waals surface area contributed by atoms with Crippen LogP contribution in [0.1, 0.15) is 0 Å². The van der Waals surface area contributed by atoms with Crippen LogP contribution in [0.2, 0.25) is 0 Å². The molecule has 0 aliphatic rings. The minimum absolute atomic E-state index is 1.27.